The maximum Gasteiger partial charge on any atom is 0.265 e. The van der Waals surface area contributed by atoms with Crippen LogP contribution in [0.15, 0.2) is 53.2 Å². The number of nitrogens with two attached hydrogens (primary N) is 2. The number of ether oxygens (including phenoxy) is 2. The molecule has 0 aliphatic carbocycles. The molecule has 1 amide bonds. The zero-order valence-corrected chi connectivity index (χ0v) is 17.1. The van der Waals surface area contributed by atoms with Gasteiger partial charge in [-0.3, -0.25) is 15.6 Å². The van der Waals surface area contributed by atoms with E-state index in [-0.39, 0.29) is 12.5 Å². The number of allylic oxidation sites excluding steroid dienone is 3. The van der Waals surface area contributed by atoms with E-state index in [4.69, 9.17) is 21.1 Å². The number of fused-ring (bicyclic) bond motifs is 1. The van der Waals surface area contributed by atoms with Crippen LogP contribution >= 0.6 is 0 Å². The number of benzene rings is 1. The Hall–Kier alpha value is -3.10. The van der Waals surface area contributed by atoms with Crippen molar-refractivity contribution in [2.45, 2.75) is 13.8 Å². The van der Waals surface area contributed by atoms with Gasteiger partial charge in [0, 0.05) is 31.1 Å². The molecular formula is C21H29N5O3. The normalized spacial score (nSPS) is 15.9. The summed E-state index contributed by atoms with van der Waals surface area (Å²) in [7, 11) is 1.59. The van der Waals surface area contributed by atoms with E-state index >= 15 is 0 Å². The number of rotatable bonds is 5. The van der Waals surface area contributed by atoms with Gasteiger partial charge in [-0.25, -0.2) is 0 Å². The van der Waals surface area contributed by atoms with E-state index in [9.17, 15) is 4.79 Å². The molecule has 0 atom stereocenters. The van der Waals surface area contributed by atoms with Gasteiger partial charge in [0.25, 0.3) is 5.91 Å². The first-order valence-electron chi connectivity index (χ1n) is 9.29. The van der Waals surface area contributed by atoms with Crippen molar-refractivity contribution in [3.8, 4) is 5.75 Å². The molecule has 0 aromatic heterocycles. The van der Waals surface area contributed by atoms with Crippen LogP contribution in [0.4, 0.5) is 5.69 Å². The third-order valence-corrected chi connectivity index (χ3v) is 4.29. The van der Waals surface area contributed by atoms with Gasteiger partial charge in [0.05, 0.1) is 24.5 Å². The Morgan fingerprint density at radius 1 is 1.41 bits per heavy atom. The molecule has 0 bridgehead atoms. The Balaban J connectivity index is 0.000000278. The SMILES string of the molecule is CC1=CC=CC(C)=NC1.COCCN1C(=O)COc2ccc(/C(N)=C/NN)cc21. The quantitative estimate of drug-likeness (QED) is 0.513. The van der Waals surface area contributed by atoms with Crippen molar-refractivity contribution in [1.82, 2.24) is 5.43 Å². The number of methoxy groups -OCH3 is 1. The number of nitrogens with one attached hydrogen (secondary N) is 1. The van der Waals surface area contributed by atoms with Gasteiger partial charge < -0.3 is 25.5 Å². The topological polar surface area (TPSA) is 115 Å². The van der Waals surface area contributed by atoms with Crippen molar-refractivity contribution < 1.29 is 14.3 Å². The number of nitrogens with zero attached hydrogens (tertiary/aromatic N) is 2. The molecule has 156 valence electrons. The predicted octanol–water partition coefficient (Wildman–Crippen LogP) is 1.74. The van der Waals surface area contributed by atoms with Crippen LogP contribution in [-0.2, 0) is 9.53 Å². The van der Waals surface area contributed by atoms with E-state index in [0.29, 0.717) is 30.3 Å². The molecule has 1 aromatic rings. The van der Waals surface area contributed by atoms with Crippen molar-refractivity contribution >= 4 is 23.0 Å². The van der Waals surface area contributed by atoms with E-state index in [2.05, 4.69) is 23.4 Å². The third kappa shape index (κ3) is 6.48. The summed E-state index contributed by atoms with van der Waals surface area (Å²) in [6, 6.07) is 5.39. The number of carbonyl (C=O) groups excluding carboxylic acids is 1. The lowest BCUT2D eigenvalue weighted by Gasteiger charge is -2.29. The molecule has 1 aromatic carbocycles. The van der Waals surface area contributed by atoms with Crippen molar-refractivity contribution in [2.75, 3.05) is 38.3 Å². The van der Waals surface area contributed by atoms with Gasteiger partial charge >= 0.3 is 0 Å². The average molecular weight is 399 g/mol. The molecule has 8 nitrogen and oxygen atoms in total. The first-order valence-corrected chi connectivity index (χ1v) is 9.29. The second-order valence-corrected chi connectivity index (χ2v) is 6.61. The van der Waals surface area contributed by atoms with Gasteiger partial charge in [-0.15, -0.1) is 0 Å². The highest BCUT2D eigenvalue weighted by atomic mass is 16.5. The number of hydrazine groups is 1. The highest BCUT2D eigenvalue weighted by Crippen LogP contribution is 2.33. The minimum Gasteiger partial charge on any atom is -0.482 e. The molecule has 2 heterocycles. The Labute approximate surface area is 171 Å². The van der Waals surface area contributed by atoms with Crippen LogP contribution in [0.5, 0.6) is 5.75 Å². The fourth-order valence-electron chi connectivity index (χ4n) is 2.69. The Kier molecular flexibility index (Phi) is 8.45. The molecular weight excluding hydrogens is 370 g/mol. The number of amides is 1. The Bertz CT molecular complexity index is 840. The van der Waals surface area contributed by atoms with E-state index in [1.54, 1.807) is 24.1 Å². The first kappa shape index (κ1) is 22.2. The summed E-state index contributed by atoms with van der Waals surface area (Å²) in [5.74, 6) is 5.75. The van der Waals surface area contributed by atoms with Crippen LogP contribution < -0.4 is 26.6 Å². The largest absolute Gasteiger partial charge is 0.482 e. The van der Waals surface area contributed by atoms with Gasteiger partial charge in [-0.05, 0) is 38.1 Å². The fraction of sp³-hybridized carbons (Fsp3) is 0.333. The highest BCUT2D eigenvalue weighted by molar-refractivity contribution is 5.98. The van der Waals surface area contributed by atoms with E-state index in [1.165, 1.54) is 11.8 Å². The van der Waals surface area contributed by atoms with Gasteiger partial charge in [0.2, 0.25) is 0 Å². The molecule has 8 heteroatoms. The zero-order chi connectivity index (χ0) is 21.2. The van der Waals surface area contributed by atoms with Crippen molar-refractivity contribution in [1.29, 1.82) is 0 Å². The van der Waals surface area contributed by atoms with Crippen LogP contribution in [0.25, 0.3) is 5.70 Å². The highest BCUT2D eigenvalue weighted by Gasteiger charge is 2.25. The second-order valence-electron chi connectivity index (χ2n) is 6.61. The van der Waals surface area contributed by atoms with E-state index in [1.807, 2.05) is 25.1 Å². The van der Waals surface area contributed by atoms with Crippen molar-refractivity contribution in [2.24, 2.45) is 16.6 Å². The van der Waals surface area contributed by atoms with Gasteiger partial charge in [-0.2, -0.15) is 0 Å². The molecule has 0 unspecified atom stereocenters. The van der Waals surface area contributed by atoms with Gasteiger partial charge in [-0.1, -0.05) is 17.7 Å². The lowest BCUT2D eigenvalue weighted by Crippen LogP contribution is -2.40. The lowest BCUT2D eigenvalue weighted by molar-refractivity contribution is -0.121. The van der Waals surface area contributed by atoms with Gasteiger partial charge in [0.15, 0.2) is 6.61 Å². The Morgan fingerprint density at radius 3 is 2.93 bits per heavy atom. The molecule has 0 saturated carbocycles. The van der Waals surface area contributed by atoms with Crippen LogP contribution in [-0.4, -0.2) is 45.0 Å². The molecule has 2 aliphatic rings. The number of carbonyl (C=O) groups is 1. The summed E-state index contributed by atoms with van der Waals surface area (Å²) >= 11 is 0. The maximum absolute atomic E-state index is 11.9. The summed E-state index contributed by atoms with van der Waals surface area (Å²) in [6.07, 6.45) is 7.64. The minimum atomic E-state index is -0.105. The fourth-order valence-corrected chi connectivity index (χ4v) is 2.69. The average Bonchev–Trinajstić information content (AvgIpc) is 2.91. The van der Waals surface area contributed by atoms with Crippen LogP contribution in [0, 0.1) is 0 Å². The molecule has 0 radical (unpaired) electrons. The third-order valence-electron chi connectivity index (χ3n) is 4.29. The minimum absolute atomic E-state index is 0.0335. The summed E-state index contributed by atoms with van der Waals surface area (Å²) in [6.45, 7) is 5.92. The summed E-state index contributed by atoms with van der Waals surface area (Å²) < 4.78 is 10.4. The van der Waals surface area contributed by atoms with E-state index < -0.39 is 0 Å². The van der Waals surface area contributed by atoms with Crippen LogP contribution in [0.1, 0.15) is 19.4 Å². The van der Waals surface area contributed by atoms with E-state index in [0.717, 1.165) is 17.8 Å². The molecule has 29 heavy (non-hydrogen) atoms. The summed E-state index contributed by atoms with van der Waals surface area (Å²) in [4.78, 5) is 17.8. The van der Waals surface area contributed by atoms with Crippen LogP contribution in [0.2, 0.25) is 0 Å². The summed E-state index contributed by atoms with van der Waals surface area (Å²) in [5, 5.41) is 0. The summed E-state index contributed by atoms with van der Waals surface area (Å²) in [5.41, 5.74) is 12.6. The lowest BCUT2D eigenvalue weighted by atomic mass is 10.1. The first-order chi connectivity index (χ1) is 14.0. The molecule has 5 N–H and O–H groups in total. The molecule has 0 saturated heterocycles. The van der Waals surface area contributed by atoms with Crippen molar-refractivity contribution in [3.63, 3.8) is 0 Å². The Morgan fingerprint density at radius 2 is 2.21 bits per heavy atom. The predicted molar refractivity (Wildman–Crippen MR) is 117 cm³/mol. The van der Waals surface area contributed by atoms with Gasteiger partial charge in [0.1, 0.15) is 5.75 Å². The van der Waals surface area contributed by atoms with Crippen molar-refractivity contribution in [3.05, 3.63) is 53.8 Å². The standard InChI is InChI=1S/C13H18N4O3.C8H11N/c1-19-5-4-17-11-6-9(10(14)7-16-15)2-3-12(11)20-8-13(17)18;1-7-4-3-5-8(2)9-6-7/h2-3,6-7,16H,4-5,8,14-15H2,1H3;3-5H,6H2,1-2H3/b10-7-;. The number of hydrogen-bond donors (Lipinski definition) is 3. The zero-order valence-electron chi connectivity index (χ0n) is 17.1. The van der Waals surface area contributed by atoms with Crippen LogP contribution in [0.3, 0.4) is 0 Å². The smallest absolute Gasteiger partial charge is 0.265 e. The molecule has 3 rings (SSSR count). The maximum atomic E-state index is 11.9. The molecule has 0 spiro atoms. The number of anilines is 1. The number of hydrogen-bond acceptors (Lipinski definition) is 7. The number of aliphatic imine (C=N–C) groups is 1. The second kappa shape index (κ2) is 11.0. The monoisotopic (exact) mass is 399 g/mol. The molecule has 0 fully saturated rings. The molecule has 2 aliphatic heterocycles.